The van der Waals surface area contributed by atoms with E-state index in [1.807, 2.05) is 0 Å². The molecule has 1 aliphatic heterocycles. The van der Waals surface area contributed by atoms with Crippen molar-refractivity contribution in [2.75, 3.05) is 36.5 Å². The molecule has 0 spiro atoms. The first-order valence-corrected chi connectivity index (χ1v) is 9.77. The number of nitrogens with one attached hydrogen (secondary N) is 3. The monoisotopic (exact) mass is 425 g/mol. The summed E-state index contributed by atoms with van der Waals surface area (Å²) in [6.45, 7) is 0.0825. The van der Waals surface area contributed by atoms with E-state index in [2.05, 4.69) is 16.0 Å². The smallest absolute Gasteiger partial charge is 0.315 e. The summed E-state index contributed by atoms with van der Waals surface area (Å²) in [5.74, 6) is -1.04. The number of rotatable bonds is 7. The number of morpholine rings is 1. The number of hydrogen-bond acceptors (Lipinski definition) is 5. The van der Waals surface area contributed by atoms with Crippen molar-refractivity contribution in [3.8, 4) is 0 Å². The Morgan fingerprint density at radius 2 is 2.07 bits per heavy atom. The molecule has 11 heteroatoms. The molecule has 0 unspecified atom stereocenters. The van der Waals surface area contributed by atoms with Crippen LogP contribution in [-0.4, -0.2) is 56.2 Å². The van der Waals surface area contributed by atoms with E-state index in [0.717, 1.165) is 25.3 Å². The van der Waals surface area contributed by atoms with Crippen LogP contribution in [0.5, 0.6) is 0 Å². The maximum Gasteiger partial charge on any atom is 0.315 e. The lowest BCUT2D eigenvalue weighted by Crippen LogP contribution is -2.54. The van der Waals surface area contributed by atoms with Crippen molar-refractivity contribution in [1.82, 2.24) is 10.6 Å². The van der Waals surface area contributed by atoms with Crippen molar-refractivity contribution in [3.63, 3.8) is 0 Å². The largest absolute Gasteiger partial charge is 0.370 e. The molecule has 1 aliphatic carbocycles. The van der Waals surface area contributed by atoms with Crippen molar-refractivity contribution in [2.24, 2.45) is 5.73 Å². The molecule has 30 heavy (non-hydrogen) atoms. The Balaban J connectivity index is 1.68. The number of amides is 4. The summed E-state index contributed by atoms with van der Waals surface area (Å²) >= 11 is 0. The molecule has 9 nitrogen and oxygen atoms in total. The maximum absolute atomic E-state index is 13.6. The van der Waals surface area contributed by atoms with Gasteiger partial charge in [-0.05, 0) is 37.5 Å². The highest BCUT2D eigenvalue weighted by molar-refractivity contribution is 5.99. The van der Waals surface area contributed by atoms with Crippen molar-refractivity contribution in [1.29, 1.82) is 0 Å². The van der Waals surface area contributed by atoms with Gasteiger partial charge in [0, 0.05) is 30.4 Å². The SMILES string of the molecule is NC[C@@H](NC(=O)NC1CCC1)C(=O)Nc1ccc(N2CCOCC2=O)c(C(F)F)c1. The van der Waals surface area contributed by atoms with Crippen LogP contribution in [0.15, 0.2) is 18.2 Å². The van der Waals surface area contributed by atoms with Crippen molar-refractivity contribution < 1.29 is 27.9 Å². The Labute approximate surface area is 172 Å². The van der Waals surface area contributed by atoms with Crippen LogP contribution in [0.4, 0.5) is 25.0 Å². The average Bonchev–Trinajstić information content (AvgIpc) is 2.69. The minimum Gasteiger partial charge on any atom is -0.370 e. The Bertz CT molecular complexity index is 803. The van der Waals surface area contributed by atoms with E-state index in [9.17, 15) is 23.2 Å². The maximum atomic E-state index is 13.6. The van der Waals surface area contributed by atoms with E-state index in [1.165, 1.54) is 17.0 Å². The van der Waals surface area contributed by atoms with Gasteiger partial charge in [-0.2, -0.15) is 0 Å². The third kappa shape index (κ3) is 5.22. The third-order valence-corrected chi connectivity index (χ3v) is 5.10. The Morgan fingerprint density at radius 1 is 1.30 bits per heavy atom. The second-order valence-electron chi connectivity index (χ2n) is 7.20. The van der Waals surface area contributed by atoms with Gasteiger partial charge in [0.1, 0.15) is 12.6 Å². The van der Waals surface area contributed by atoms with Crippen LogP contribution in [0.2, 0.25) is 0 Å². The van der Waals surface area contributed by atoms with Gasteiger partial charge in [0.2, 0.25) is 5.91 Å². The van der Waals surface area contributed by atoms with E-state index in [1.54, 1.807) is 0 Å². The molecule has 1 aromatic rings. The third-order valence-electron chi connectivity index (χ3n) is 5.10. The summed E-state index contributed by atoms with van der Waals surface area (Å²) in [7, 11) is 0. The number of hydrogen-bond donors (Lipinski definition) is 4. The second kappa shape index (κ2) is 9.81. The van der Waals surface area contributed by atoms with Crippen LogP contribution in [0.25, 0.3) is 0 Å². The highest BCUT2D eigenvalue weighted by Crippen LogP contribution is 2.33. The Hall–Kier alpha value is -2.79. The van der Waals surface area contributed by atoms with Crippen LogP contribution < -0.4 is 26.6 Å². The zero-order chi connectivity index (χ0) is 21.7. The van der Waals surface area contributed by atoms with Crippen LogP contribution in [0.1, 0.15) is 31.3 Å². The summed E-state index contributed by atoms with van der Waals surface area (Å²) in [5.41, 5.74) is 5.39. The van der Waals surface area contributed by atoms with Gasteiger partial charge in [-0.3, -0.25) is 9.59 Å². The zero-order valence-electron chi connectivity index (χ0n) is 16.3. The molecule has 5 N–H and O–H groups in total. The molecule has 164 valence electrons. The minimum atomic E-state index is -2.86. The molecule has 1 saturated heterocycles. The quantitative estimate of drug-likeness (QED) is 0.521. The number of nitrogens with zero attached hydrogens (tertiary/aromatic N) is 1. The van der Waals surface area contributed by atoms with Crippen LogP contribution in [0, 0.1) is 0 Å². The van der Waals surface area contributed by atoms with Gasteiger partial charge >= 0.3 is 6.03 Å². The lowest BCUT2D eigenvalue weighted by molar-refractivity contribution is -0.125. The molecule has 2 aliphatic rings. The summed E-state index contributed by atoms with van der Waals surface area (Å²) in [6.07, 6.45) is -0.0310. The van der Waals surface area contributed by atoms with Crippen LogP contribution in [0.3, 0.4) is 0 Å². The van der Waals surface area contributed by atoms with E-state index < -0.39 is 30.3 Å². The number of nitrogens with two attached hydrogens (primary N) is 1. The van der Waals surface area contributed by atoms with Gasteiger partial charge in [-0.15, -0.1) is 0 Å². The molecule has 0 bridgehead atoms. The number of anilines is 2. The standard InChI is InChI=1S/C19H25F2N5O4/c20-17(21)13-8-12(4-5-15(13)26-6-7-30-10-16(26)27)23-18(28)14(9-22)25-19(29)24-11-2-1-3-11/h4-5,8,11,14,17H,1-3,6-7,9-10,22H2,(H,23,28)(H2,24,25,29)/t14-/m1/s1. The lowest BCUT2D eigenvalue weighted by Gasteiger charge is -2.29. The van der Waals surface area contributed by atoms with Gasteiger partial charge < -0.3 is 31.3 Å². The van der Waals surface area contributed by atoms with Gasteiger partial charge in [0.15, 0.2) is 0 Å². The Morgan fingerprint density at radius 3 is 2.67 bits per heavy atom. The lowest BCUT2D eigenvalue weighted by atomic mass is 9.93. The molecule has 0 radical (unpaired) electrons. The first-order valence-electron chi connectivity index (χ1n) is 9.77. The molecule has 1 heterocycles. The first kappa shape index (κ1) is 21.9. The van der Waals surface area contributed by atoms with E-state index in [-0.39, 0.29) is 49.3 Å². The fourth-order valence-electron chi connectivity index (χ4n) is 3.22. The van der Waals surface area contributed by atoms with Crippen LogP contribution >= 0.6 is 0 Å². The minimum absolute atomic E-state index is 0.0738. The number of urea groups is 1. The molecule has 0 aromatic heterocycles. The van der Waals surface area contributed by atoms with Gasteiger partial charge in [0.25, 0.3) is 12.3 Å². The number of carbonyl (C=O) groups is 3. The summed E-state index contributed by atoms with van der Waals surface area (Å²) < 4.78 is 32.3. The average molecular weight is 425 g/mol. The van der Waals surface area contributed by atoms with Gasteiger partial charge in [-0.1, -0.05) is 0 Å². The predicted octanol–water partition coefficient (Wildman–Crippen LogP) is 1.10. The zero-order valence-corrected chi connectivity index (χ0v) is 16.3. The summed E-state index contributed by atoms with van der Waals surface area (Å²) in [4.78, 5) is 37.7. The number of carbonyl (C=O) groups excluding carboxylic acids is 3. The van der Waals surface area contributed by atoms with Gasteiger partial charge in [0.05, 0.1) is 12.3 Å². The molecule has 4 amide bonds. The molecular formula is C19H25F2N5O4. The number of ether oxygens (including phenoxy) is 1. The molecule has 1 aromatic carbocycles. The highest BCUT2D eigenvalue weighted by Gasteiger charge is 2.27. The number of benzene rings is 1. The molecule has 2 fully saturated rings. The summed E-state index contributed by atoms with van der Waals surface area (Å²) in [6, 6.07) is 2.46. The van der Waals surface area contributed by atoms with E-state index in [4.69, 9.17) is 10.5 Å². The first-order chi connectivity index (χ1) is 14.4. The molecular weight excluding hydrogens is 400 g/mol. The van der Waals surface area contributed by atoms with Crippen molar-refractivity contribution in [2.45, 2.75) is 37.8 Å². The van der Waals surface area contributed by atoms with Crippen LogP contribution in [-0.2, 0) is 14.3 Å². The fraction of sp³-hybridized carbons (Fsp3) is 0.526. The molecule has 1 saturated carbocycles. The molecule has 1 atom stereocenters. The second-order valence-corrected chi connectivity index (χ2v) is 7.20. The normalized spacial score (nSPS) is 18.0. The van der Waals surface area contributed by atoms with Gasteiger partial charge in [-0.25, -0.2) is 13.6 Å². The fourth-order valence-corrected chi connectivity index (χ4v) is 3.22. The van der Waals surface area contributed by atoms with Crippen molar-refractivity contribution in [3.05, 3.63) is 23.8 Å². The highest BCUT2D eigenvalue weighted by atomic mass is 19.3. The van der Waals surface area contributed by atoms with Crippen molar-refractivity contribution >= 4 is 29.2 Å². The van der Waals surface area contributed by atoms with E-state index >= 15 is 0 Å². The summed E-state index contributed by atoms with van der Waals surface area (Å²) in [5, 5.41) is 7.72. The molecule has 3 rings (SSSR count). The number of alkyl halides is 2. The number of halogens is 2. The predicted molar refractivity (Wildman–Crippen MR) is 105 cm³/mol. The van der Waals surface area contributed by atoms with E-state index in [0.29, 0.717) is 0 Å². The Kier molecular flexibility index (Phi) is 7.16. The topological polar surface area (TPSA) is 126 Å².